The van der Waals surface area contributed by atoms with E-state index >= 15 is 0 Å². The maximum atomic E-state index is 12.2. The van der Waals surface area contributed by atoms with Gasteiger partial charge in [-0.25, -0.2) is 8.42 Å². The normalized spacial score (nSPS) is 15.3. The standard InChI is InChI=1S/C12H15ClN2O3S/c1-15(9-3-4-9)12(16)7-19(17,18)11-5-2-8(13)6-10(11)14/h2,5-6,9H,3-4,7,14H2,1H3. The van der Waals surface area contributed by atoms with E-state index in [1.807, 2.05) is 0 Å². The Morgan fingerprint density at radius 3 is 2.63 bits per heavy atom. The molecule has 1 fully saturated rings. The van der Waals surface area contributed by atoms with Gasteiger partial charge in [0.15, 0.2) is 9.84 Å². The van der Waals surface area contributed by atoms with Gasteiger partial charge in [0.2, 0.25) is 5.91 Å². The second-order valence-corrected chi connectivity index (χ2v) is 7.07. The number of benzene rings is 1. The number of nitrogen functional groups attached to an aromatic ring is 1. The number of nitrogens with two attached hydrogens (primary N) is 1. The van der Waals surface area contributed by atoms with Crippen LogP contribution in [0.25, 0.3) is 0 Å². The van der Waals surface area contributed by atoms with Crippen molar-refractivity contribution >= 4 is 33.0 Å². The molecule has 0 heterocycles. The number of hydrogen-bond acceptors (Lipinski definition) is 4. The molecule has 0 bridgehead atoms. The molecule has 0 aromatic heterocycles. The highest BCUT2D eigenvalue weighted by Gasteiger charge is 2.32. The molecule has 19 heavy (non-hydrogen) atoms. The summed E-state index contributed by atoms with van der Waals surface area (Å²) in [6, 6.07) is 4.33. The molecule has 104 valence electrons. The van der Waals surface area contributed by atoms with E-state index in [1.165, 1.54) is 23.1 Å². The van der Waals surface area contributed by atoms with E-state index in [1.54, 1.807) is 7.05 Å². The number of carbonyl (C=O) groups excluding carboxylic acids is 1. The predicted octanol–water partition coefficient (Wildman–Crippen LogP) is 1.32. The fraction of sp³-hybridized carbons (Fsp3) is 0.417. The van der Waals surface area contributed by atoms with Gasteiger partial charge in [-0.05, 0) is 31.0 Å². The van der Waals surface area contributed by atoms with Crippen molar-refractivity contribution in [2.75, 3.05) is 18.5 Å². The molecule has 0 atom stereocenters. The molecule has 1 aliphatic carbocycles. The number of rotatable bonds is 4. The molecular weight excluding hydrogens is 288 g/mol. The highest BCUT2D eigenvalue weighted by Crippen LogP contribution is 2.27. The van der Waals surface area contributed by atoms with Crippen LogP contribution in [-0.4, -0.2) is 38.1 Å². The van der Waals surface area contributed by atoms with E-state index in [0.717, 1.165) is 12.8 Å². The second-order valence-electron chi connectivity index (χ2n) is 4.68. The lowest BCUT2D eigenvalue weighted by molar-refractivity contribution is -0.127. The lowest BCUT2D eigenvalue weighted by Crippen LogP contribution is -2.34. The number of hydrogen-bond donors (Lipinski definition) is 1. The molecule has 1 saturated carbocycles. The Morgan fingerprint density at radius 2 is 2.11 bits per heavy atom. The van der Waals surface area contributed by atoms with Gasteiger partial charge in [-0.1, -0.05) is 11.6 Å². The molecule has 0 radical (unpaired) electrons. The van der Waals surface area contributed by atoms with Gasteiger partial charge in [0.25, 0.3) is 0 Å². The van der Waals surface area contributed by atoms with Crippen molar-refractivity contribution in [2.24, 2.45) is 0 Å². The molecule has 2 N–H and O–H groups in total. The Labute approximate surface area is 117 Å². The third kappa shape index (κ3) is 3.19. The van der Waals surface area contributed by atoms with Crippen molar-refractivity contribution in [3.63, 3.8) is 0 Å². The third-order valence-corrected chi connectivity index (χ3v) is 5.01. The molecule has 2 rings (SSSR count). The molecule has 1 aliphatic rings. The predicted molar refractivity (Wildman–Crippen MR) is 73.7 cm³/mol. The van der Waals surface area contributed by atoms with Gasteiger partial charge < -0.3 is 10.6 Å². The zero-order chi connectivity index (χ0) is 14.2. The fourth-order valence-corrected chi connectivity index (χ4v) is 3.37. The lowest BCUT2D eigenvalue weighted by Gasteiger charge is -2.16. The number of amides is 1. The Kier molecular flexibility index (Phi) is 3.73. The van der Waals surface area contributed by atoms with Crippen LogP contribution >= 0.6 is 11.6 Å². The maximum Gasteiger partial charge on any atom is 0.238 e. The summed E-state index contributed by atoms with van der Waals surface area (Å²) in [4.78, 5) is 13.3. The first-order valence-electron chi connectivity index (χ1n) is 5.85. The van der Waals surface area contributed by atoms with Gasteiger partial charge in [0.1, 0.15) is 5.75 Å². The van der Waals surface area contributed by atoms with Crippen LogP contribution in [0.15, 0.2) is 23.1 Å². The van der Waals surface area contributed by atoms with Crippen molar-refractivity contribution in [3.05, 3.63) is 23.2 Å². The summed E-state index contributed by atoms with van der Waals surface area (Å²) in [6.45, 7) is 0. The highest BCUT2D eigenvalue weighted by molar-refractivity contribution is 7.92. The van der Waals surface area contributed by atoms with Gasteiger partial charge in [-0.15, -0.1) is 0 Å². The van der Waals surface area contributed by atoms with Crippen LogP contribution in [0.2, 0.25) is 5.02 Å². The van der Waals surface area contributed by atoms with E-state index in [2.05, 4.69) is 0 Å². The summed E-state index contributed by atoms with van der Waals surface area (Å²) in [6.07, 6.45) is 1.87. The number of halogens is 1. The van der Waals surface area contributed by atoms with Crippen molar-refractivity contribution in [1.29, 1.82) is 0 Å². The molecule has 0 aliphatic heterocycles. The summed E-state index contributed by atoms with van der Waals surface area (Å²) < 4.78 is 24.3. The molecule has 1 aromatic rings. The van der Waals surface area contributed by atoms with Crippen LogP contribution in [0, 0.1) is 0 Å². The molecule has 7 heteroatoms. The monoisotopic (exact) mass is 302 g/mol. The molecule has 0 spiro atoms. The molecule has 1 aromatic carbocycles. The van der Waals surface area contributed by atoms with E-state index in [0.29, 0.717) is 5.02 Å². The van der Waals surface area contributed by atoms with Crippen LogP contribution in [0.5, 0.6) is 0 Å². The minimum absolute atomic E-state index is 0.0468. The molecule has 0 unspecified atom stereocenters. The van der Waals surface area contributed by atoms with Crippen molar-refractivity contribution in [3.8, 4) is 0 Å². The van der Waals surface area contributed by atoms with Crippen LogP contribution in [0.3, 0.4) is 0 Å². The molecule has 1 amide bonds. The minimum atomic E-state index is -3.73. The van der Waals surface area contributed by atoms with Crippen molar-refractivity contribution < 1.29 is 13.2 Å². The fourth-order valence-electron chi connectivity index (χ4n) is 1.81. The summed E-state index contributed by atoms with van der Waals surface area (Å²) in [5.74, 6) is -0.969. The van der Waals surface area contributed by atoms with E-state index in [9.17, 15) is 13.2 Å². The third-order valence-electron chi connectivity index (χ3n) is 3.11. The quantitative estimate of drug-likeness (QED) is 0.851. The lowest BCUT2D eigenvalue weighted by atomic mass is 10.3. The summed E-state index contributed by atoms with van der Waals surface area (Å²) >= 11 is 5.72. The largest absolute Gasteiger partial charge is 0.398 e. The van der Waals surface area contributed by atoms with Crippen molar-refractivity contribution in [1.82, 2.24) is 4.90 Å². The number of sulfone groups is 1. The van der Waals surface area contributed by atoms with Gasteiger partial charge in [0, 0.05) is 18.1 Å². The SMILES string of the molecule is CN(C(=O)CS(=O)(=O)c1ccc(Cl)cc1N)C1CC1. The molecule has 5 nitrogen and oxygen atoms in total. The minimum Gasteiger partial charge on any atom is -0.398 e. The summed E-state index contributed by atoms with van der Waals surface area (Å²) in [5.41, 5.74) is 5.71. The average Bonchev–Trinajstić information content (AvgIpc) is 3.10. The Balaban J connectivity index is 2.20. The van der Waals surface area contributed by atoms with E-state index < -0.39 is 21.5 Å². The average molecular weight is 303 g/mol. The van der Waals surface area contributed by atoms with E-state index in [-0.39, 0.29) is 16.6 Å². The number of carbonyl (C=O) groups is 1. The van der Waals surface area contributed by atoms with Crippen LogP contribution in [-0.2, 0) is 14.6 Å². The van der Waals surface area contributed by atoms with Crippen LogP contribution < -0.4 is 5.73 Å². The van der Waals surface area contributed by atoms with Crippen molar-refractivity contribution in [2.45, 2.75) is 23.8 Å². The second kappa shape index (κ2) is 5.02. The van der Waals surface area contributed by atoms with Gasteiger partial charge in [-0.3, -0.25) is 4.79 Å². The van der Waals surface area contributed by atoms with Gasteiger partial charge >= 0.3 is 0 Å². The summed E-state index contributed by atoms with van der Waals surface area (Å²) in [5, 5.41) is 0.359. The maximum absolute atomic E-state index is 12.2. The zero-order valence-corrected chi connectivity index (χ0v) is 12.0. The number of nitrogens with zero attached hydrogens (tertiary/aromatic N) is 1. The smallest absolute Gasteiger partial charge is 0.238 e. The Bertz CT molecular complexity index is 611. The van der Waals surface area contributed by atoms with Crippen LogP contribution in [0.4, 0.5) is 5.69 Å². The molecule has 0 saturated heterocycles. The first-order valence-corrected chi connectivity index (χ1v) is 7.88. The highest BCUT2D eigenvalue weighted by atomic mass is 35.5. The van der Waals surface area contributed by atoms with Gasteiger partial charge in [-0.2, -0.15) is 0 Å². The Morgan fingerprint density at radius 1 is 1.47 bits per heavy atom. The first kappa shape index (κ1) is 14.1. The summed E-state index contributed by atoms with van der Waals surface area (Å²) in [7, 11) is -2.11. The van der Waals surface area contributed by atoms with E-state index in [4.69, 9.17) is 17.3 Å². The molecular formula is C12H15ClN2O3S. The Hall–Kier alpha value is -1.27. The van der Waals surface area contributed by atoms with Crippen LogP contribution in [0.1, 0.15) is 12.8 Å². The zero-order valence-electron chi connectivity index (χ0n) is 10.5. The number of anilines is 1. The topological polar surface area (TPSA) is 80.5 Å². The van der Waals surface area contributed by atoms with Gasteiger partial charge in [0.05, 0.1) is 10.6 Å². The first-order chi connectivity index (χ1) is 8.81.